The first-order valence-corrected chi connectivity index (χ1v) is 15.6. The van der Waals surface area contributed by atoms with E-state index >= 15 is 0 Å². The molecule has 0 aliphatic carbocycles. The molecule has 0 aromatic rings. The van der Waals surface area contributed by atoms with Crippen molar-refractivity contribution in [2.75, 3.05) is 32.9 Å². The Bertz CT molecular complexity index is 592. The number of hydrogen-bond donors (Lipinski definition) is 2. The molecule has 0 bridgehead atoms. The number of aliphatic hydroxyl groups excluding tert-OH is 1. The first-order chi connectivity index (χ1) is 16.1. The largest absolute Gasteiger partial charge is 0.386 e. The molecule has 0 radical (unpaired) electrons. The van der Waals surface area contributed by atoms with Crippen LogP contribution in [0.1, 0.15) is 129 Å². The van der Waals surface area contributed by atoms with Crippen LogP contribution in [-0.4, -0.2) is 67.4 Å². The fraction of sp³-hybridized carbons (Fsp3) is 0.963. The molecule has 1 atom stereocenters. The molecular formula is C27H56NO5S+. The number of unbranched alkanes of at least 4 members (excludes halogenated alkanes) is 15. The third-order valence-corrected chi connectivity index (χ3v) is 7.44. The lowest BCUT2D eigenvalue weighted by Crippen LogP contribution is -2.47. The van der Waals surface area contributed by atoms with Crippen molar-refractivity contribution in [3.8, 4) is 0 Å². The van der Waals surface area contributed by atoms with Gasteiger partial charge in [-0.25, -0.2) is 0 Å². The zero-order chi connectivity index (χ0) is 25.7. The van der Waals surface area contributed by atoms with Gasteiger partial charge < -0.3 is 9.59 Å². The smallest absolute Gasteiger partial charge is 0.267 e. The van der Waals surface area contributed by atoms with Gasteiger partial charge in [-0.15, -0.1) is 0 Å². The molecule has 0 aliphatic rings. The normalized spacial score (nSPS) is 13.3. The molecule has 204 valence electrons. The molecule has 0 aromatic heterocycles. The van der Waals surface area contributed by atoms with Crippen molar-refractivity contribution >= 4 is 15.9 Å². The minimum atomic E-state index is -4.17. The van der Waals surface area contributed by atoms with Crippen molar-refractivity contribution in [3.05, 3.63) is 0 Å². The zero-order valence-electron chi connectivity index (χ0n) is 22.6. The van der Waals surface area contributed by atoms with Gasteiger partial charge >= 0.3 is 0 Å². The number of hydrogen-bond acceptors (Lipinski definition) is 4. The number of rotatable bonds is 25. The molecule has 1 unspecified atom stereocenters. The summed E-state index contributed by atoms with van der Waals surface area (Å²) >= 11 is 0. The highest BCUT2D eigenvalue weighted by Gasteiger charge is 2.24. The molecule has 2 N–H and O–H groups in total. The molecular weight excluding hydrogens is 450 g/mol. The van der Waals surface area contributed by atoms with E-state index in [1.807, 2.05) is 14.1 Å². The van der Waals surface area contributed by atoms with Gasteiger partial charge in [0.15, 0.2) is 0 Å². The second-order valence-corrected chi connectivity index (χ2v) is 12.4. The van der Waals surface area contributed by atoms with Gasteiger partial charge in [0.1, 0.15) is 24.2 Å². The van der Waals surface area contributed by atoms with Crippen LogP contribution < -0.4 is 0 Å². The number of quaternary nitrogens is 1. The summed E-state index contributed by atoms with van der Waals surface area (Å²) in [5.41, 5.74) is 0. The van der Waals surface area contributed by atoms with Crippen LogP contribution in [0.15, 0.2) is 0 Å². The maximum absolute atomic E-state index is 12.1. The SMILES string of the molecule is CCCCCCCCCCCCCCCCCCC(=O)CCC[N+](C)(C)CC(O)CS(=O)(=O)O. The summed E-state index contributed by atoms with van der Waals surface area (Å²) in [4.78, 5) is 12.1. The molecule has 0 saturated carbocycles. The Morgan fingerprint density at radius 1 is 0.706 bits per heavy atom. The predicted octanol–water partition coefficient (Wildman–Crippen LogP) is 6.31. The number of nitrogens with zero attached hydrogens (tertiary/aromatic N) is 1. The van der Waals surface area contributed by atoms with Gasteiger partial charge in [0.05, 0.1) is 20.6 Å². The van der Waals surface area contributed by atoms with Crippen LogP contribution in [0, 0.1) is 0 Å². The second kappa shape index (κ2) is 20.7. The number of carbonyl (C=O) groups excluding carboxylic acids is 1. The Morgan fingerprint density at radius 3 is 1.50 bits per heavy atom. The van der Waals surface area contributed by atoms with Crippen LogP contribution in [0.2, 0.25) is 0 Å². The van der Waals surface area contributed by atoms with Crippen LogP contribution >= 0.6 is 0 Å². The highest BCUT2D eigenvalue weighted by molar-refractivity contribution is 7.85. The number of carbonyl (C=O) groups is 1. The first-order valence-electron chi connectivity index (χ1n) is 14.0. The molecule has 0 spiro atoms. The van der Waals surface area contributed by atoms with Crippen LogP contribution in [-0.2, 0) is 14.9 Å². The van der Waals surface area contributed by atoms with Crippen molar-refractivity contribution in [2.45, 2.75) is 135 Å². The third-order valence-electron chi connectivity index (χ3n) is 6.64. The predicted molar refractivity (Wildman–Crippen MR) is 143 cm³/mol. The maximum Gasteiger partial charge on any atom is 0.267 e. The van der Waals surface area contributed by atoms with E-state index in [1.165, 1.54) is 89.9 Å². The third kappa shape index (κ3) is 24.6. The number of Topliss-reactive ketones (excluding diaryl/α,β-unsaturated/α-hetero) is 1. The topological polar surface area (TPSA) is 91.7 Å². The standard InChI is InChI=1S/C27H55NO5S/c1-4-5-6-7-8-9-10-11-12-13-14-15-16-17-18-19-21-26(29)22-20-23-28(2,3)24-27(30)25-34(31,32)33/h27,30H,4-25H2,1-3H3/p+1. The Kier molecular flexibility index (Phi) is 20.4. The Labute approximate surface area is 211 Å². The molecule has 34 heavy (non-hydrogen) atoms. The van der Waals surface area contributed by atoms with E-state index in [-0.39, 0.29) is 6.54 Å². The monoisotopic (exact) mass is 506 g/mol. The maximum atomic E-state index is 12.1. The minimum Gasteiger partial charge on any atom is -0.386 e. The van der Waals surface area contributed by atoms with Gasteiger partial charge in [0, 0.05) is 19.3 Å². The average Bonchev–Trinajstić information content (AvgIpc) is 2.71. The molecule has 0 heterocycles. The van der Waals surface area contributed by atoms with E-state index in [9.17, 15) is 18.3 Å². The quantitative estimate of drug-likeness (QED) is 0.0859. The fourth-order valence-corrected chi connectivity index (χ4v) is 5.25. The van der Waals surface area contributed by atoms with E-state index in [0.29, 0.717) is 29.7 Å². The number of ketones is 1. The summed E-state index contributed by atoms with van der Waals surface area (Å²) in [6, 6.07) is 0. The fourth-order valence-electron chi connectivity index (χ4n) is 4.66. The van der Waals surface area contributed by atoms with Gasteiger partial charge in [-0.3, -0.25) is 9.35 Å². The Balaban J connectivity index is 3.49. The van der Waals surface area contributed by atoms with Crippen LogP contribution in [0.25, 0.3) is 0 Å². The second-order valence-electron chi connectivity index (χ2n) is 10.9. The van der Waals surface area contributed by atoms with E-state index in [4.69, 9.17) is 4.55 Å². The van der Waals surface area contributed by atoms with Gasteiger partial charge in [0.2, 0.25) is 0 Å². The Morgan fingerprint density at radius 2 is 1.09 bits per heavy atom. The molecule has 6 nitrogen and oxygen atoms in total. The van der Waals surface area contributed by atoms with Crippen molar-refractivity contribution < 1.29 is 27.4 Å². The molecule has 0 saturated heterocycles. The van der Waals surface area contributed by atoms with E-state index in [1.54, 1.807) is 0 Å². The molecule has 0 aromatic carbocycles. The first kappa shape index (κ1) is 33.5. The Hall–Kier alpha value is -0.500. The van der Waals surface area contributed by atoms with E-state index in [0.717, 1.165) is 19.3 Å². The van der Waals surface area contributed by atoms with E-state index in [2.05, 4.69) is 6.92 Å². The van der Waals surface area contributed by atoms with Gasteiger partial charge in [-0.1, -0.05) is 103 Å². The van der Waals surface area contributed by atoms with Crippen LogP contribution in [0.4, 0.5) is 0 Å². The molecule has 0 rings (SSSR count). The summed E-state index contributed by atoms with van der Waals surface area (Å²) in [5.74, 6) is -0.351. The van der Waals surface area contributed by atoms with Gasteiger partial charge in [0.25, 0.3) is 10.1 Å². The average molecular weight is 507 g/mol. The summed E-state index contributed by atoms with van der Waals surface area (Å²) in [6.07, 6.45) is 22.1. The summed E-state index contributed by atoms with van der Waals surface area (Å²) in [6.45, 7) is 3.19. The van der Waals surface area contributed by atoms with Crippen molar-refractivity contribution in [2.24, 2.45) is 0 Å². The zero-order valence-corrected chi connectivity index (χ0v) is 23.4. The highest BCUT2D eigenvalue weighted by Crippen LogP contribution is 2.14. The van der Waals surface area contributed by atoms with Crippen molar-refractivity contribution in [1.29, 1.82) is 0 Å². The van der Waals surface area contributed by atoms with Crippen LogP contribution in [0.5, 0.6) is 0 Å². The minimum absolute atomic E-state index is 0.229. The molecule has 0 amide bonds. The lowest BCUT2D eigenvalue weighted by Gasteiger charge is -2.31. The molecule has 0 fully saturated rings. The van der Waals surface area contributed by atoms with E-state index < -0.39 is 22.0 Å². The van der Waals surface area contributed by atoms with Gasteiger partial charge in [-0.05, 0) is 6.42 Å². The van der Waals surface area contributed by atoms with Gasteiger partial charge in [-0.2, -0.15) is 8.42 Å². The number of likely N-dealkylation sites (N-methyl/N-ethyl adjacent to an activating group) is 1. The summed E-state index contributed by atoms with van der Waals surface area (Å²) in [7, 11) is -0.382. The summed E-state index contributed by atoms with van der Waals surface area (Å²) < 4.78 is 31.0. The molecule has 7 heteroatoms. The van der Waals surface area contributed by atoms with Crippen LogP contribution in [0.3, 0.4) is 0 Å². The molecule has 0 aliphatic heterocycles. The number of aliphatic hydroxyl groups is 1. The highest BCUT2D eigenvalue weighted by atomic mass is 32.2. The lowest BCUT2D eigenvalue weighted by molar-refractivity contribution is -0.893. The summed E-state index contributed by atoms with van der Waals surface area (Å²) in [5, 5.41) is 9.82. The van der Waals surface area contributed by atoms with Crippen molar-refractivity contribution in [3.63, 3.8) is 0 Å². The lowest BCUT2D eigenvalue weighted by atomic mass is 10.0. The van der Waals surface area contributed by atoms with Crippen molar-refractivity contribution in [1.82, 2.24) is 0 Å².